The molecule has 7 heteroatoms. The number of aromatic nitrogens is 2. The first-order valence-corrected chi connectivity index (χ1v) is 11.8. The van der Waals surface area contributed by atoms with Crippen molar-refractivity contribution in [1.82, 2.24) is 19.8 Å². The number of thiazole rings is 1. The van der Waals surface area contributed by atoms with Crippen LogP contribution in [0.3, 0.4) is 0 Å². The molecule has 1 N–H and O–H groups in total. The van der Waals surface area contributed by atoms with Gasteiger partial charge in [-0.05, 0) is 37.1 Å². The fourth-order valence-electron chi connectivity index (χ4n) is 5.29. The molecule has 6 rings (SSSR count). The molecule has 3 aromatic rings. The SMILES string of the molecule is O=c1c(CN2CCN(c3nc4ccccc4s3)CC2)ccc2n1C[C@@H]1CNC[C@H]2C1. The maximum atomic E-state index is 13.2. The van der Waals surface area contributed by atoms with Crippen molar-refractivity contribution < 1.29 is 0 Å². The van der Waals surface area contributed by atoms with E-state index >= 15 is 0 Å². The molecular formula is C23H27N5OS. The van der Waals surface area contributed by atoms with Gasteiger partial charge < -0.3 is 14.8 Å². The lowest BCUT2D eigenvalue weighted by atomic mass is 9.84. The van der Waals surface area contributed by atoms with Crippen molar-refractivity contribution in [2.45, 2.75) is 25.4 Å². The van der Waals surface area contributed by atoms with E-state index in [1.54, 1.807) is 11.3 Å². The van der Waals surface area contributed by atoms with Gasteiger partial charge in [0.15, 0.2) is 5.13 Å². The van der Waals surface area contributed by atoms with Crippen molar-refractivity contribution in [3.8, 4) is 0 Å². The third-order valence-electron chi connectivity index (χ3n) is 6.91. The molecule has 2 bridgehead atoms. The summed E-state index contributed by atoms with van der Waals surface area (Å²) in [7, 11) is 0. The average molecular weight is 422 g/mol. The van der Waals surface area contributed by atoms with Gasteiger partial charge in [0.05, 0.1) is 10.2 Å². The Morgan fingerprint density at radius 1 is 1.07 bits per heavy atom. The van der Waals surface area contributed by atoms with E-state index in [4.69, 9.17) is 4.98 Å². The molecule has 5 heterocycles. The third kappa shape index (κ3) is 3.25. The van der Waals surface area contributed by atoms with Gasteiger partial charge in [-0.1, -0.05) is 29.5 Å². The summed E-state index contributed by atoms with van der Waals surface area (Å²) in [6, 6.07) is 12.6. The molecule has 0 spiro atoms. The Balaban J connectivity index is 1.15. The molecule has 30 heavy (non-hydrogen) atoms. The van der Waals surface area contributed by atoms with E-state index in [1.165, 1.54) is 16.8 Å². The predicted molar refractivity (Wildman–Crippen MR) is 122 cm³/mol. The number of nitrogens with zero attached hydrogens (tertiary/aromatic N) is 4. The number of hydrogen-bond donors (Lipinski definition) is 1. The van der Waals surface area contributed by atoms with Crippen molar-refractivity contribution in [3.63, 3.8) is 0 Å². The van der Waals surface area contributed by atoms with Gasteiger partial charge in [0, 0.05) is 63.0 Å². The Morgan fingerprint density at radius 3 is 2.80 bits per heavy atom. The monoisotopic (exact) mass is 421 g/mol. The summed E-state index contributed by atoms with van der Waals surface area (Å²) < 4.78 is 3.32. The summed E-state index contributed by atoms with van der Waals surface area (Å²) in [6.07, 6.45) is 1.22. The number of anilines is 1. The molecule has 2 aromatic heterocycles. The lowest BCUT2D eigenvalue weighted by Crippen LogP contribution is -2.48. The van der Waals surface area contributed by atoms with Crippen LogP contribution in [-0.4, -0.2) is 53.7 Å². The van der Waals surface area contributed by atoms with Gasteiger partial charge in [-0.25, -0.2) is 4.98 Å². The van der Waals surface area contributed by atoms with E-state index in [9.17, 15) is 4.79 Å². The molecule has 2 fully saturated rings. The van der Waals surface area contributed by atoms with Crippen LogP contribution in [0.4, 0.5) is 5.13 Å². The van der Waals surface area contributed by atoms with Crippen LogP contribution in [0, 0.1) is 5.92 Å². The standard InChI is InChI=1S/C23H27N5OS/c29-22-17(5-6-20-18-11-16(12-24-13-18)14-28(20)22)15-26-7-9-27(10-8-26)23-25-19-3-1-2-4-21(19)30-23/h1-6,16,18,24H,7-15H2/t16-,18+/m0/s1. The molecule has 3 aliphatic rings. The van der Waals surface area contributed by atoms with Gasteiger partial charge in [0.2, 0.25) is 0 Å². The maximum Gasteiger partial charge on any atom is 0.255 e. The van der Waals surface area contributed by atoms with Crippen LogP contribution in [0.1, 0.15) is 23.6 Å². The molecule has 2 atom stereocenters. The van der Waals surface area contributed by atoms with E-state index in [0.717, 1.165) is 68.6 Å². The highest BCUT2D eigenvalue weighted by Crippen LogP contribution is 2.32. The number of piperidine rings is 1. The highest BCUT2D eigenvalue weighted by molar-refractivity contribution is 7.22. The summed E-state index contributed by atoms with van der Waals surface area (Å²) in [5, 5.41) is 4.64. The zero-order valence-electron chi connectivity index (χ0n) is 17.1. The number of hydrogen-bond acceptors (Lipinski definition) is 6. The fourth-order valence-corrected chi connectivity index (χ4v) is 6.31. The van der Waals surface area contributed by atoms with E-state index < -0.39 is 0 Å². The molecule has 1 aromatic carbocycles. The van der Waals surface area contributed by atoms with Gasteiger partial charge in [-0.2, -0.15) is 0 Å². The lowest BCUT2D eigenvalue weighted by Gasteiger charge is -2.38. The largest absolute Gasteiger partial charge is 0.345 e. The topological polar surface area (TPSA) is 53.4 Å². The Bertz CT molecular complexity index is 1100. The van der Waals surface area contributed by atoms with Crippen LogP contribution in [-0.2, 0) is 13.1 Å². The zero-order chi connectivity index (χ0) is 20.1. The van der Waals surface area contributed by atoms with E-state index in [0.29, 0.717) is 11.8 Å². The summed E-state index contributed by atoms with van der Waals surface area (Å²) in [4.78, 5) is 22.8. The number of pyridine rings is 1. The molecule has 6 nitrogen and oxygen atoms in total. The maximum absolute atomic E-state index is 13.2. The van der Waals surface area contributed by atoms with Crippen LogP contribution in [0.5, 0.6) is 0 Å². The number of para-hydroxylation sites is 1. The zero-order valence-corrected chi connectivity index (χ0v) is 17.9. The number of rotatable bonds is 3. The van der Waals surface area contributed by atoms with Crippen molar-refractivity contribution in [3.05, 3.63) is 58.0 Å². The van der Waals surface area contributed by atoms with Crippen LogP contribution < -0.4 is 15.8 Å². The van der Waals surface area contributed by atoms with E-state index in [2.05, 4.69) is 50.0 Å². The highest BCUT2D eigenvalue weighted by atomic mass is 32.1. The van der Waals surface area contributed by atoms with Gasteiger partial charge in [-0.3, -0.25) is 9.69 Å². The number of fused-ring (bicyclic) bond motifs is 5. The van der Waals surface area contributed by atoms with Crippen LogP contribution in [0.25, 0.3) is 10.2 Å². The van der Waals surface area contributed by atoms with E-state index in [-0.39, 0.29) is 5.56 Å². The number of piperazine rings is 1. The second-order valence-corrected chi connectivity index (χ2v) is 9.89. The Labute approximate surface area is 180 Å². The summed E-state index contributed by atoms with van der Waals surface area (Å²) in [5.41, 5.74) is 3.49. The molecule has 156 valence electrons. The summed E-state index contributed by atoms with van der Waals surface area (Å²) >= 11 is 1.77. The lowest BCUT2D eigenvalue weighted by molar-refractivity contribution is 0.241. The molecule has 0 radical (unpaired) electrons. The number of benzene rings is 1. The molecule has 0 aliphatic carbocycles. The predicted octanol–water partition coefficient (Wildman–Crippen LogP) is 2.49. The Kier molecular flexibility index (Phi) is 4.62. The second-order valence-electron chi connectivity index (χ2n) is 8.88. The van der Waals surface area contributed by atoms with Gasteiger partial charge in [-0.15, -0.1) is 0 Å². The first kappa shape index (κ1) is 18.5. The minimum absolute atomic E-state index is 0.234. The highest BCUT2D eigenvalue weighted by Gasteiger charge is 2.31. The molecule has 0 saturated carbocycles. The average Bonchev–Trinajstić information content (AvgIpc) is 3.21. The van der Waals surface area contributed by atoms with E-state index in [1.807, 2.05) is 6.07 Å². The third-order valence-corrected chi connectivity index (χ3v) is 8.00. The van der Waals surface area contributed by atoms with Gasteiger partial charge in [0.1, 0.15) is 0 Å². The van der Waals surface area contributed by atoms with Crippen molar-refractivity contribution >= 4 is 26.7 Å². The van der Waals surface area contributed by atoms with Gasteiger partial charge in [0.25, 0.3) is 5.56 Å². The smallest absolute Gasteiger partial charge is 0.255 e. The number of nitrogens with one attached hydrogen (secondary N) is 1. The summed E-state index contributed by atoms with van der Waals surface area (Å²) in [5.74, 6) is 1.10. The normalized spacial score (nSPS) is 24.2. The Hall–Kier alpha value is -2.22. The first-order valence-electron chi connectivity index (χ1n) is 11.0. The molecular weight excluding hydrogens is 394 g/mol. The van der Waals surface area contributed by atoms with Crippen LogP contribution in [0.2, 0.25) is 0 Å². The molecule has 0 unspecified atom stereocenters. The van der Waals surface area contributed by atoms with Crippen LogP contribution in [0.15, 0.2) is 41.2 Å². The fraction of sp³-hybridized carbons (Fsp3) is 0.478. The molecule has 2 saturated heterocycles. The molecule has 0 amide bonds. The summed E-state index contributed by atoms with van der Waals surface area (Å²) in [6.45, 7) is 7.52. The second kappa shape index (κ2) is 7.48. The first-order chi connectivity index (χ1) is 14.7. The van der Waals surface area contributed by atoms with Crippen LogP contribution >= 0.6 is 11.3 Å². The minimum Gasteiger partial charge on any atom is -0.345 e. The van der Waals surface area contributed by atoms with Crippen molar-refractivity contribution in [2.24, 2.45) is 5.92 Å². The molecule has 3 aliphatic heterocycles. The quantitative estimate of drug-likeness (QED) is 0.704. The Morgan fingerprint density at radius 2 is 1.93 bits per heavy atom. The van der Waals surface area contributed by atoms with Gasteiger partial charge >= 0.3 is 0 Å². The van der Waals surface area contributed by atoms with Crippen molar-refractivity contribution in [1.29, 1.82) is 0 Å². The van der Waals surface area contributed by atoms with Crippen molar-refractivity contribution in [2.75, 3.05) is 44.2 Å². The minimum atomic E-state index is 0.234.